The van der Waals surface area contributed by atoms with Crippen LogP contribution >= 0.6 is 11.6 Å². The second kappa shape index (κ2) is 9.47. The van der Waals surface area contributed by atoms with Crippen molar-refractivity contribution in [3.8, 4) is 0 Å². The summed E-state index contributed by atoms with van der Waals surface area (Å²) in [5, 5.41) is 3.48. The number of hydrogen-bond donors (Lipinski definition) is 1. The third kappa shape index (κ3) is 10.5. The maximum absolute atomic E-state index is 5.83. The van der Waals surface area contributed by atoms with Crippen molar-refractivity contribution in [1.82, 2.24) is 5.32 Å². The molecule has 0 aliphatic heterocycles. The smallest absolute Gasteiger partial charge is 0.0400 e. The number of unbranched alkanes of at least 4 members (excludes halogenated alkanes) is 6. The molecule has 0 atom stereocenters. The summed E-state index contributed by atoms with van der Waals surface area (Å²) < 4.78 is 0. The molecule has 0 aromatic heterocycles. The van der Waals surface area contributed by atoms with Crippen LogP contribution in [0.3, 0.4) is 0 Å². The predicted octanol–water partition coefficient (Wildman–Crippen LogP) is 4.34. The molecule has 0 bridgehead atoms. The van der Waals surface area contributed by atoms with Gasteiger partial charge in [0.15, 0.2) is 0 Å². The molecule has 0 rings (SSSR count). The Kier molecular flexibility index (Phi) is 9.63. The first-order chi connectivity index (χ1) is 7.12. The second-order valence-electron chi connectivity index (χ2n) is 5.07. The lowest BCUT2D eigenvalue weighted by atomic mass is 10.1. The molecular weight excluding hydrogens is 206 g/mol. The molecule has 0 radical (unpaired) electrons. The molecule has 0 aromatic carbocycles. The Hall–Kier alpha value is 0.250. The largest absolute Gasteiger partial charge is 0.311 e. The van der Waals surface area contributed by atoms with E-state index in [0.29, 0.717) is 5.88 Å². The number of halogens is 1. The first kappa shape index (κ1) is 15.2. The number of nitrogens with one attached hydrogen (secondary N) is 1. The maximum atomic E-state index is 5.83. The summed E-state index contributed by atoms with van der Waals surface area (Å²) in [5.41, 5.74) is 0.101. The van der Waals surface area contributed by atoms with Crippen LogP contribution in [0, 0.1) is 0 Å². The summed E-state index contributed by atoms with van der Waals surface area (Å²) in [5.74, 6) is 0.684. The van der Waals surface area contributed by atoms with Gasteiger partial charge in [0, 0.05) is 11.4 Å². The average molecular weight is 234 g/mol. The lowest BCUT2D eigenvalue weighted by Gasteiger charge is -2.23. The van der Waals surface area contributed by atoms with E-state index < -0.39 is 0 Å². The third-order valence-corrected chi connectivity index (χ3v) is 3.39. The molecule has 0 saturated carbocycles. The molecular formula is C13H28ClN. The zero-order valence-electron chi connectivity index (χ0n) is 10.7. The summed E-state index contributed by atoms with van der Waals surface area (Å²) in [6.45, 7) is 7.67. The van der Waals surface area contributed by atoms with Crippen LogP contribution in [0.1, 0.15) is 65.7 Å². The zero-order valence-corrected chi connectivity index (χ0v) is 11.5. The van der Waals surface area contributed by atoms with Crippen LogP contribution in [-0.4, -0.2) is 18.0 Å². The van der Waals surface area contributed by atoms with Crippen molar-refractivity contribution in [3.63, 3.8) is 0 Å². The van der Waals surface area contributed by atoms with Gasteiger partial charge >= 0.3 is 0 Å². The van der Waals surface area contributed by atoms with Gasteiger partial charge in [-0.3, -0.25) is 0 Å². The third-order valence-electron chi connectivity index (χ3n) is 2.72. The minimum absolute atomic E-state index is 0.101. The van der Waals surface area contributed by atoms with Gasteiger partial charge in [0.25, 0.3) is 0 Å². The van der Waals surface area contributed by atoms with Gasteiger partial charge in [-0.15, -0.1) is 11.6 Å². The summed E-state index contributed by atoms with van der Waals surface area (Å²) in [4.78, 5) is 0. The number of hydrogen-bond acceptors (Lipinski definition) is 1. The van der Waals surface area contributed by atoms with Crippen LogP contribution in [0.5, 0.6) is 0 Å². The Morgan fingerprint density at radius 2 is 1.47 bits per heavy atom. The highest BCUT2D eigenvalue weighted by Crippen LogP contribution is 2.08. The molecule has 0 saturated heterocycles. The summed E-state index contributed by atoms with van der Waals surface area (Å²) in [6, 6.07) is 0. The molecule has 0 heterocycles. The number of rotatable bonds is 10. The fourth-order valence-corrected chi connectivity index (χ4v) is 1.65. The van der Waals surface area contributed by atoms with Crippen LogP contribution in [0.15, 0.2) is 0 Å². The van der Waals surface area contributed by atoms with Crippen LogP contribution in [0.4, 0.5) is 0 Å². The van der Waals surface area contributed by atoms with Gasteiger partial charge in [-0.05, 0) is 26.8 Å². The van der Waals surface area contributed by atoms with Crippen molar-refractivity contribution in [2.45, 2.75) is 71.3 Å². The Labute approximate surface area is 101 Å². The molecule has 15 heavy (non-hydrogen) atoms. The normalized spacial score (nSPS) is 12.0. The Morgan fingerprint density at radius 3 is 2.00 bits per heavy atom. The van der Waals surface area contributed by atoms with Crippen LogP contribution in [0.25, 0.3) is 0 Å². The molecule has 0 fully saturated rings. The first-order valence-electron chi connectivity index (χ1n) is 6.43. The molecule has 0 aliphatic rings. The van der Waals surface area contributed by atoms with E-state index in [1.807, 2.05) is 0 Å². The van der Waals surface area contributed by atoms with E-state index in [1.165, 1.54) is 44.9 Å². The molecule has 0 spiro atoms. The fraction of sp³-hybridized carbons (Fsp3) is 1.00. The van der Waals surface area contributed by atoms with Crippen molar-refractivity contribution >= 4 is 11.6 Å². The summed E-state index contributed by atoms with van der Waals surface area (Å²) >= 11 is 5.83. The first-order valence-corrected chi connectivity index (χ1v) is 6.97. The van der Waals surface area contributed by atoms with E-state index in [9.17, 15) is 0 Å². The lowest BCUT2D eigenvalue weighted by molar-refractivity contribution is 0.420. The van der Waals surface area contributed by atoms with Crippen molar-refractivity contribution in [2.75, 3.05) is 12.4 Å². The Bertz CT molecular complexity index is 134. The zero-order chi connectivity index (χ0) is 11.6. The Morgan fingerprint density at radius 1 is 0.933 bits per heavy atom. The fourth-order valence-electron chi connectivity index (χ4n) is 1.56. The molecule has 92 valence electrons. The van der Waals surface area contributed by atoms with Gasteiger partial charge in [0.2, 0.25) is 0 Å². The molecule has 1 N–H and O–H groups in total. The number of alkyl halides is 1. The van der Waals surface area contributed by atoms with Gasteiger partial charge in [0.1, 0.15) is 0 Å². The van der Waals surface area contributed by atoms with Crippen LogP contribution in [-0.2, 0) is 0 Å². The standard InChI is InChI=1S/C13H28ClN/c1-4-5-6-7-8-9-10-11-15-13(2,3)12-14/h15H,4-12H2,1-3H3. The highest BCUT2D eigenvalue weighted by molar-refractivity contribution is 6.18. The minimum atomic E-state index is 0.101. The van der Waals surface area contributed by atoms with E-state index in [2.05, 4.69) is 26.1 Å². The van der Waals surface area contributed by atoms with Crippen LogP contribution in [0.2, 0.25) is 0 Å². The monoisotopic (exact) mass is 233 g/mol. The Balaban J connectivity index is 3.11. The summed E-state index contributed by atoms with van der Waals surface area (Å²) in [6.07, 6.45) is 9.59. The van der Waals surface area contributed by atoms with E-state index in [1.54, 1.807) is 0 Å². The van der Waals surface area contributed by atoms with Gasteiger partial charge in [-0.25, -0.2) is 0 Å². The van der Waals surface area contributed by atoms with E-state index >= 15 is 0 Å². The van der Waals surface area contributed by atoms with Crippen LogP contribution < -0.4 is 5.32 Å². The van der Waals surface area contributed by atoms with Gasteiger partial charge in [-0.1, -0.05) is 45.4 Å². The van der Waals surface area contributed by atoms with Gasteiger partial charge in [0.05, 0.1) is 0 Å². The van der Waals surface area contributed by atoms with E-state index in [-0.39, 0.29) is 5.54 Å². The average Bonchev–Trinajstić information content (AvgIpc) is 2.22. The predicted molar refractivity (Wildman–Crippen MR) is 70.8 cm³/mol. The highest BCUT2D eigenvalue weighted by Gasteiger charge is 2.13. The highest BCUT2D eigenvalue weighted by atomic mass is 35.5. The van der Waals surface area contributed by atoms with Crippen molar-refractivity contribution in [1.29, 1.82) is 0 Å². The maximum Gasteiger partial charge on any atom is 0.0400 e. The lowest BCUT2D eigenvalue weighted by Crippen LogP contribution is -2.41. The van der Waals surface area contributed by atoms with E-state index in [0.717, 1.165) is 6.54 Å². The summed E-state index contributed by atoms with van der Waals surface area (Å²) in [7, 11) is 0. The minimum Gasteiger partial charge on any atom is -0.311 e. The molecule has 2 heteroatoms. The van der Waals surface area contributed by atoms with Crippen molar-refractivity contribution < 1.29 is 0 Å². The molecule has 0 aromatic rings. The molecule has 1 nitrogen and oxygen atoms in total. The second-order valence-corrected chi connectivity index (χ2v) is 5.33. The molecule has 0 amide bonds. The van der Waals surface area contributed by atoms with Crippen molar-refractivity contribution in [2.24, 2.45) is 0 Å². The molecule has 0 unspecified atom stereocenters. The van der Waals surface area contributed by atoms with E-state index in [4.69, 9.17) is 11.6 Å². The quantitative estimate of drug-likeness (QED) is 0.437. The van der Waals surface area contributed by atoms with Crippen molar-refractivity contribution in [3.05, 3.63) is 0 Å². The topological polar surface area (TPSA) is 12.0 Å². The van der Waals surface area contributed by atoms with Gasteiger partial charge < -0.3 is 5.32 Å². The SMILES string of the molecule is CCCCCCCCCNC(C)(C)CCl. The van der Waals surface area contributed by atoms with Gasteiger partial charge in [-0.2, -0.15) is 0 Å². The molecule has 0 aliphatic carbocycles.